The van der Waals surface area contributed by atoms with E-state index < -0.39 is 5.60 Å². The topological polar surface area (TPSA) is 54.3 Å². The second kappa shape index (κ2) is 5.90. The zero-order valence-electron chi connectivity index (χ0n) is 13.2. The first-order valence-corrected chi connectivity index (χ1v) is 7.35. The lowest BCUT2D eigenvalue weighted by Gasteiger charge is -2.25. The molecule has 2 aromatic rings. The van der Waals surface area contributed by atoms with E-state index in [0.717, 1.165) is 10.9 Å². The number of benzene rings is 1. The molecule has 0 aliphatic rings. The fourth-order valence-electron chi connectivity index (χ4n) is 2.84. The van der Waals surface area contributed by atoms with Gasteiger partial charge in [0.25, 0.3) is 5.91 Å². The number of aliphatic hydroxyl groups is 1. The normalized spacial score (nSPS) is 14.4. The summed E-state index contributed by atoms with van der Waals surface area (Å²) < 4.78 is 1.94. The van der Waals surface area contributed by atoms with Crippen LogP contribution in [0.25, 0.3) is 10.9 Å². The van der Waals surface area contributed by atoms with Crippen molar-refractivity contribution in [2.45, 2.75) is 32.8 Å². The predicted molar refractivity (Wildman–Crippen MR) is 85.3 cm³/mol. The molecule has 4 nitrogen and oxygen atoms in total. The van der Waals surface area contributed by atoms with Crippen molar-refractivity contribution in [3.05, 3.63) is 36.0 Å². The van der Waals surface area contributed by atoms with E-state index in [0.29, 0.717) is 17.9 Å². The summed E-state index contributed by atoms with van der Waals surface area (Å²) in [4.78, 5) is 12.4. The highest BCUT2D eigenvalue weighted by atomic mass is 16.3. The molecule has 0 spiro atoms. The van der Waals surface area contributed by atoms with Gasteiger partial charge in [-0.15, -0.1) is 0 Å². The summed E-state index contributed by atoms with van der Waals surface area (Å²) in [6.45, 7) is 6.13. The molecule has 0 bridgehead atoms. The predicted octanol–water partition coefficient (Wildman–Crippen LogP) is 2.71. The number of hydrogen-bond donors (Lipinski definition) is 2. The zero-order valence-corrected chi connectivity index (χ0v) is 13.2. The lowest BCUT2D eigenvalue weighted by atomic mass is 9.94. The number of hydrogen-bond acceptors (Lipinski definition) is 2. The summed E-state index contributed by atoms with van der Waals surface area (Å²) in [5.41, 5.74) is 0.791. The Morgan fingerprint density at radius 3 is 2.71 bits per heavy atom. The molecule has 1 aromatic carbocycles. The van der Waals surface area contributed by atoms with Gasteiger partial charge in [0.15, 0.2) is 0 Å². The average Bonchev–Trinajstić information content (AvgIpc) is 2.73. The lowest BCUT2D eigenvalue weighted by molar-refractivity contribution is 0.0368. The van der Waals surface area contributed by atoms with Crippen molar-refractivity contribution < 1.29 is 9.90 Å². The molecule has 0 saturated carbocycles. The van der Waals surface area contributed by atoms with Crippen LogP contribution in [0.2, 0.25) is 0 Å². The largest absolute Gasteiger partial charge is 0.388 e. The number of rotatable bonds is 5. The molecule has 0 aliphatic carbocycles. The molecule has 1 atom stereocenters. The van der Waals surface area contributed by atoms with Gasteiger partial charge in [0.2, 0.25) is 0 Å². The molecule has 1 heterocycles. The van der Waals surface area contributed by atoms with Crippen molar-refractivity contribution in [2.24, 2.45) is 13.0 Å². The maximum atomic E-state index is 12.4. The van der Waals surface area contributed by atoms with Crippen molar-refractivity contribution >= 4 is 16.8 Å². The first kappa shape index (κ1) is 15.6. The minimum Gasteiger partial charge on any atom is -0.388 e. The first-order valence-electron chi connectivity index (χ1n) is 7.35. The van der Waals surface area contributed by atoms with Crippen LogP contribution in [0.5, 0.6) is 0 Å². The van der Waals surface area contributed by atoms with Gasteiger partial charge in [-0.05, 0) is 25.3 Å². The second-order valence-corrected chi connectivity index (χ2v) is 6.45. The number of carbonyl (C=O) groups is 1. The second-order valence-electron chi connectivity index (χ2n) is 6.45. The van der Waals surface area contributed by atoms with E-state index in [9.17, 15) is 9.90 Å². The summed E-state index contributed by atoms with van der Waals surface area (Å²) in [5.74, 6) is 0.241. The van der Waals surface area contributed by atoms with Crippen LogP contribution in [-0.4, -0.2) is 27.7 Å². The number of fused-ring (bicyclic) bond motifs is 1. The third-order valence-corrected chi connectivity index (χ3v) is 3.62. The lowest BCUT2D eigenvalue weighted by Crippen LogP contribution is -2.41. The van der Waals surface area contributed by atoms with Gasteiger partial charge < -0.3 is 15.0 Å². The van der Waals surface area contributed by atoms with Gasteiger partial charge in [-0.2, -0.15) is 0 Å². The van der Waals surface area contributed by atoms with Crippen molar-refractivity contribution in [1.82, 2.24) is 9.88 Å². The van der Waals surface area contributed by atoms with Gasteiger partial charge in [0.05, 0.1) is 11.2 Å². The Morgan fingerprint density at radius 1 is 1.38 bits per heavy atom. The summed E-state index contributed by atoms with van der Waals surface area (Å²) in [6, 6.07) is 7.81. The molecular weight excluding hydrogens is 264 g/mol. The highest BCUT2D eigenvalue weighted by Crippen LogP contribution is 2.21. The molecule has 1 unspecified atom stereocenters. The Balaban J connectivity index is 2.13. The van der Waals surface area contributed by atoms with Gasteiger partial charge in [-0.1, -0.05) is 32.0 Å². The van der Waals surface area contributed by atoms with Crippen LogP contribution in [0.4, 0.5) is 0 Å². The standard InChI is InChI=1S/C17H24N2O2/c1-12(2)9-17(3,21)11-18-16(20)14-10-19(4)15-8-6-5-7-13(14)15/h5-8,10,12,21H,9,11H2,1-4H3,(H,18,20). The third kappa shape index (κ3) is 3.64. The summed E-state index contributed by atoms with van der Waals surface area (Å²) in [6.07, 6.45) is 2.49. The minimum absolute atomic E-state index is 0.143. The van der Waals surface area contributed by atoms with Gasteiger partial charge >= 0.3 is 0 Å². The summed E-state index contributed by atoms with van der Waals surface area (Å²) in [5, 5.41) is 14.1. The van der Waals surface area contributed by atoms with E-state index in [2.05, 4.69) is 19.2 Å². The van der Waals surface area contributed by atoms with Gasteiger partial charge in [0.1, 0.15) is 0 Å². The van der Waals surface area contributed by atoms with Crippen molar-refractivity contribution in [3.8, 4) is 0 Å². The third-order valence-electron chi connectivity index (χ3n) is 3.62. The van der Waals surface area contributed by atoms with Gasteiger partial charge in [-0.3, -0.25) is 4.79 Å². The molecule has 2 N–H and O–H groups in total. The summed E-state index contributed by atoms with van der Waals surface area (Å²) >= 11 is 0. The Hall–Kier alpha value is -1.81. The zero-order chi connectivity index (χ0) is 15.6. The number of amides is 1. The van der Waals surface area contributed by atoms with Crippen LogP contribution in [0.15, 0.2) is 30.5 Å². The van der Waals surface area contributed by atoms with Crippen LogP contribution in [-0.2, 0) is 7.05 Å². The molecule has 2 rings (SSSR count). The van der Waals surface area contributed by atoms with E-state index >= 15 is 0 Å². The Labute approximate surface area is 125 Å². The number of nitrogens with one attached hydrogen (secondary N) is 1. The minimum atomic E-state index is -0.881. The maximum absolute atomic E-state index is 12.4. The van der Waals surface area contributed by atoms with Crippen molar-refractivity contribution in [2.75, 3.05) is 6.54 Å². The average molecular weight is 288 g/mol. The number of carbonyl (C=O) groups excluding carboxylic acids is 1. The van der Waals surface area contributed by atoms with Crippen molar-refractivity contribution in [1.29, 1.82) is 0 Å². The molecule has 114 valence electrons. The van der Waals surface area contributed by atoms with Crippen molar-refractivity contribution in [3.63, 3.8) is 0 Å². The molecular formula is C17H24N2O2. The molecule has 1 amide bonds. The number of aromatic nitrogens is 1. The highest BCUT2D eigenvalue weighted by Gasteiger charge is 2.23. The Kier molecular flexibility index (Phi) is 4.37. The molecule has 0 saturated heterocycles. The molecule has 0 radical (unpaired) electrons. The highest BCUT2D eigenvalue weighted by molar-refractivity contribution is 6.06. The van der Waals surface area contributed by atoms with Crippen LogP contribution >= 0.6 is 0 Å². The summed E-state index contributed by atoms with van der Waals surface area (Å²) in [7, 11) is 1.92. The molecule has 1 aromatic heterocycles. The number of para-hydroxylation sites is 1. The Bertz CT molecular complexity index is 641. The van der Waals surface area contributed by atoms with Gasteiger partial charge in [0, 0.05) is 30.7 Å². The fraction of sp³-hybridized carbons (Fsp3) is 0.471. The van der Waals surface area contributed by atoms with Crippen LogP contribution in [0.1, 0.15) is 37.6 Å². The number of aryl methyl sites for hydroxylation is 1. The molecule has 0 fully saturated rings. The fourth-order valence-corrected chi connectivity index (χ4v) is 2.84. The molecule has 0 aliphatic heterocycles. The van der Waals surface area contributed by atoms with Crippen LogP contribution in [0, 0.1) is 5.92 Å². The van der Waals surface area contributed by atoms with E-state index in [4.69, 9.17) is 0 Å². The Morgan fingerprint density at radius 2 is 2.05 bits per heavy atom. The SMILES string of the molecule is CC(C)CC(C)(O)CNC(=O)c1cn(C)c2ccccc12. The molecule has 21 heavy (non-hydrogen) atoms. The number of nitrogens with zero attached hydrogens (tertiary/aromatic N) is 1. The van der Waals surface area contributed by atoms with Gasteiger partial charge in [-0.25, -0.2) is 0 Å². The van der Waals surface area contributed by atoms with E-state index in [1.165, 1.54) is 0 Å². The monoisotopic (exact) mass is 288 g/mol. The molecule has 4 heteroatoms. The first-order chi connectivity index (χ1) is 9.80. The van der Waals surface area contributed by atoms with E-state index in [1.807, 2.05) is 42.1 Å². The van der Waals surface area contributed by atoms with Crippen LogP contribution < -0.4 is 5.32 Å². The van der Waals surface area contributed by atoms with Crippen LogP contribution in [0.3, 0.4) is 0 Å². The maximum Gasteiger partial charge on any atom is 0.253 e. The van der Waals surface area contributed by atoms with E-state index in [-0.39, 0.29) is 12.5 Å². The smallest absolute Gasteiger partial charge is 0.253 e. The van der Waals surface area contributed by atoms with E-state index in [1.54, 1.807) is 6.92 Å². The quantitative estimate of drug-likeness (QED) is 0.889.